The van der Waals surface area contributed by atoms with Crippen LogP contribution in [-0.2, 0) is 20.6 Å². The monoisotopic (exact) mass is 489 g/mol. The van der Waals surface area contributed by atoms with Gasteiger partial charge in [-0.05, 0) is 41.9 Å². The Morgan fingerprint density at radius 3 is 2.41 bits per heavy atom. The van der Waals surface area contributed by atoms with E-state index in [1.54, 1.807) is 30.2 Å². The molecular weight excluding hydrogens is 456 g/mol. The average Bonchev–Trinajstić information content (AvgIpc) is 3.10. The van der Waals surface area contributed by atoms with Crippen molar-refractivity contribution in [2.24, 2.45) is 0 Å². The maximum Gasteiger partial charge on any atom is 0.248 e. The first kappa shape index (κ1) is 25.8. The highest BCUT2D eigenvalue weighted by Crippen LogP contribution is 2.40. The number of fused-ring (bicyclic) bond motifs is 1. The lowest BCUT2D eigenvalue weighted by Gasteiger charge is -2.46. The molecule has 2 amide bonds. The topological polar surface area (TPSA) is 108 Å². The SMILES string of the molecule is COc1ccc(CN2C(=O)[C@@H]3[C@H]2/C(=C/C(=O)CO[Si](C)(C)C(C)(C)C)CN3C(=O)[O-])c(OC)c1. The fourth-order valence-corrected chi connectivity index (χ4v) is 4.93. The van der Waals surface area contributed by atoms with E-state index in [9.17, 15) is 19.5 Å². The number of benzene rings is 1. The van der Waals surface area contributed by atoms with Gasteiger partial charge < -0.3 is 33.6 Å². The summed E-state index contributed by atoms with van der Waals surface area (Å²) in [6, 6.07) is 3.87. The van der Waals surface area contributed by atoms with Crippen LogP contribution in [0.25, 0.3) is 0 Å². The summed E-state index contributed by atoms with van der Waals surface area (Å²) in [5, 5.41) is 11.6. The third-order valence-electron chi connectivity index (χ3n) is 7.04. The van der Waals surface area contributed by atoms with Gasteiger partial charge >= 0.3 is 0 Å². The lowest BCUT2D eigenvalue weighted by Crippen LogP contribution is -2.67. The molecule has 34 heavy (non-hydrogen) atoms. The smallest absolute Gasteiger partial charge is 0.248 e. The number of likely N-dealkylation sites (tertiary alicyclic amines) is 2. The first-order valence-corrected chi connectivity index (χ1v) is 14.1. The molecule has 0 aliphatic carbocycles. The van der Waals surface area contributed by atoms with Crippen LogP contribution in [0.15, 0.2) is 29.8 Å². The Balaban J connectivity index is 1.82. The molecule has 186 valence electrons. The molecule has 2 aliphatic rings. The molecule has 2 saturated heterocycles. The number of rotatable bonds is 8. The van der Waals surface area contributed by atoms with Crippen molar-refractivity contribution in [3.05, 3.63) is 35.4 Å². The number of hydrogen-bond acceptors (Lipinski definition) is 7. The largest absolute Gasteiger partial charge is 0.530 e. The standard InChI is InChI=1S/C24H34N2O7Si/c1-24(2,3)34(6,7)33-14-17(27)10-16-13-26(23(29)30)21-20(16)25(22(21)28)12-15-8-9-18(31-4)11-19(15)32-5/h8-11,20-21H,12-14H2,1-7H3,(H,29,30)/p-1/b16-10+/t20-,21+/m1/s1. The van der Waals surface area contributed by atoms with E-state index < -0.39 is 26.5 Å². The van der Waals surface area contributed by atoms with Gasteiger partial charge in [-0.2, -0.15) is 0 Å². The lowest BCUT2D eigenvalue weighted by molar-refractivity contribution is -0.268. The Morgan fingerprint density at radius 1 is 1.18 bits per heavy atom. The predicted molar refractivity (Wildman–Crippen MR) is 126 cm³/mol. The Hall–Kier alpha value is -2.85. The van der Waals surface area contributed by atoms with Crippen LogP contribution in [-0.4, -0.2) is 75.4 Å². The molecule has 1 aromatic carbocycles. The molecule has 0 radical (unpaired) electrons. The fourth-order valence-electron chi connectivity index (χ4n) is 3.99. The highest BCUT2D eigenvalue weighted by molar-refractivity contribution is 6.74. The molecule has 2 heterocycles. The predicted octanol–water partition coefficient (Wildman–Crippen LogP) is 1.96. The second-order valence-electron chi connectivity index (χ2n) is 10.2. The van der Waals surface area contributed by atoms with Crippen molar-refractivity contribution >= 4 is 26.1 Å². The summed E-state index contributed by atoms with van der Waals surface area (Å²) < 4.78 is 16.7. The number of carbonyl (C=O) groups excluding carboxylic acids is 3. The number of methoxy groups -OCH3 is 2. The van der Waals surface area contributed by atoms with Crippen molar-refractivity contribution in [2.45, 2.75) is 57.5 Å². The normalized spacial score (nSPS) is 21.4. The molecule has 0 unspecified atom stereocenters. The van der Waals surface area contributed by atoms with E-state index in [1.807, 2.05) is 0 Å². The zero-order valence-electron chi connectivity index (χ0n) is 20.8. The van der Waals surface area contributed by atoms with Gasteiger partial charge in [0.25, 0.3) is 0 Å². The van der Waals surface area contributed by atoms with Gasteiger partial charge in [0.05, 0.1) is 33.4 Å². The Morgan fingerprint density at radius 2 is 1.85 bits per heavy atom. The van der Waals surface area contributed by atoms with Crippen molar-refractivity contribution in [1.29, 1.82) is 0 Å². The van der Waals surface area contributed by atoms with Crippen molar-refractivity contribution in [3.8, 4) is 11.5 Å². The van der Waals surface area contributed by atoms with E-state index in [4.69, 9.17) is 13.9 Å². The zero-order chi connectivity index (χ0) is 25.4. The molecular formula is C24H33N2O7Si-. The summed E-state index contributed by atoms with van der Waals surface area (Å²) in [5.41, 5.74) is 1.30. The molecule has 1 aromatic rings. The minimum absolute atomic E-state index is 0.0424. The summed E-state index contributed by atoms with van der Waals surface area (Å²) in [5.74, 6) is 0.584. The summed E-state index contributed by atoms with van der Waals surface area (Å²) in [6.07, 6.45) is -0.00303. The van der Waals surface area contributed by atoms with Gasteiger partial charge in [0.15, 0.2) is 14.1 Å². The number of ether oxygens (including phenoxy) is 2. The zero-order valence-corrected chi connectivity index (χ0v) is 21.8. The maximum absolute atomic E-state index is 12.9. The third kappa shape index (κ3) is 4.83. The van der Waals surface area contributed by atoms with Crippen LogP contribution >= 0.6 is 0 Å². The van der Waals surface area contributed by atoms with Crippen LogP contribution in [0.4, 0.5) is 4.79 Å². The van der Waals surface area contributed by atoms with Gasteiger partial charge in [-0.1, -0.05) is 20.8 Å². The van der Waals surface area contributed by atoms with Crippen molar-refractivity contribution < 1.29 is 33.4 Å². The van der Waals surface area contributed by atoms with E-state index in [2.05, 4.69) is 33.9 Å². The van der Waals surface area contributed by atoms with Crippen molar-refractivity contribution in [3.63, 3.8) is 0 Å². The van der Waals surface area contributed by atoms with Gasteiger partial charge in [0.1, 0.15) is 23.6 Å². The average molecular weight is 490 g/mol. The Labute approximate surface area is 201 Å². The number of ketones is 1. The number of carboxylic acid groups (broad SMARTS) is 1. The van der Waals surface area contributed by atoms with Crippen LogP contribution in [0, 0.1) is 0 Å². The van der Waals surface area contributed by atoms with Gasteiger partial charge in [-0.15, -0.1) is 0 Å². The minimum Gasteiger partial charge on any atom is -0.530 e. The number of carbonyl (C=O) groups is 3. The summed E-state index contributed by atoms with van der Waals surface area (Å²) in [7, 11) is 0.957. The van der Waals surface area contributed by atoms with E-state index in [0.29, 0.717) is 17.1 Å². The van der Waals surface area contributed by atoms with E-state index in [-0.39, 0.29) is 36.4 Å². The van der Waals surface area contributed by atoms with E-state index in [1.165, 1.54) is 13.2 Å². The number of hydrogen-bond donors (Lipinski definition) is 0. The number of nitrogens with zero attached hydrogens (tertiary/aromatic N) is 2. The molecule has 2 aliphatic heterocycles. The van der Waals surface area contributed by atoms with E-state index >= 15 is 0 Å². The number of β-lactam (4-membered cyclic amide) rings is 1. The van der Waals surface area contributed by atoms with E-state index in [0.717, 1.165) is 10.5 Å². The van der Waals surface area contributed by atoms with Crippen LogP contribution in [0.5, 0.6) is 11.5 Å². The molecule has 0 aromatic heterocycles. The molecule has 9 nitrogen and oxygen atoms in total. The van der Waals surface area contributed by atoms with Crippen molar-refractivity contribution in [1.82, 2.24) is 9.80 Å². The van der Waals surface area contributed by atoms with Gasteiger partial charge in [-0.25, -0.2) is 0 Å². The summed E-state index contributed by atoms with van der Waals surface area (Å²) in [6.45, 7) is 10.5. The summed E-state index contributed by atoms with van der Waals surface area (Å²) in [4.78, 5) is 39.8. The van der Waals surface area contributed by atoms with Crippen LogP contribution in [0.2, 0.25) is 18.1 Å². The molecule has 0 saturated carbocycles. The van der Waals surface area contributed by atoms with Gasteiger partial charge in [-0.3, -0.25) is 9.59 Å². The lowest BCUT2D eigenvalue weighted by atomic mass is 9.91. The van der Waals surface area contributed by atoms with Crippen LogP contribution in [0.1, 0.15) is 26.3 Å². The first-order chi connectivity index (χ1) is 15.8. The number of amides is 2. The highest BCUT2D eigenvalue weighted by Gasteiger charge is 2.56. The molecule has 10 heteroatoms. The molecule has 0 bridgehead atoms. The highest BCUT2D eigenvalue weighted by atomic mass is 28.4. The molecule has 3 rings (SSSR count). The van der Waals surface area contributed by atoms with Crippen molar-refractivity contribution in [2.75, 3.05) is 27.4 Å². The van der Waals surface area contributed by atoms with Crippen LogP contribution in [0.3, 0.4) is 0 Å². The fraction of sp³-hybridized carbons (Fsp3) is 0.542. The molecule has 2 atom stereocenters. The maximum atomic E-state index is 12.9. The van der Waals surface area contributed by atoms with Crippen LogP contribution < -0.4 is 14.6 Å². The Kier molecular flexibility index (Phi) is 7.14. The molecule has 0 spiro atoms. The Bertz CT molecular complexity index is 1020. The summed E-state index contributed by atoms with van der Waals surface area (Å²) >= 11 is 0. The molecule has 0 N–H and O–H groups in total. The van der Waals surface area contributed by atoms with Gasteiger partial charge in [0, 0.05) is 18.2 Å². The third-order valence-corrected chi connectivity index (χ3v) is 11.5. The molecule has 2 fully saturated rings. The second-order valence-corrected chi connectivity index (χ2v) is 15.0. The second kappa shape index (κ2) is 9.42. The quantitative estimate of drug-likeness (QED) is 0.312. The minimum atomic E-state index is -2.12. The van der Waals surface area contributed by atoms with Gasteiger partial charge in [0.2, 0.25) is 5.91 Å². The first-order valence-electron chi connectivity index (χ1n) is 11.2.